The molecule has 156 valence electrons. The molecule has 3 rings (SSSR count). The van der Waals surface area contributed by atoms with Gasteiger partial charge in [-0.15, -0.1) is 0 Å². The van der Waals surface area contributed by atoms with Crippen LogP contribution in [0.4, 0.5) is 5.82 Å². The highest BCUT2D eigenvalue weighted by Crippen LogP contribution is 2.51. The van der Waals surface area contributed by atoms with Gasteiger partial charge in [-0.25, -0.2) is 19.5 Å². The van der Waals surface area contributed by atoms with Crippen molar-refractivity contribution in [3.05, 3.63) is 12.7 Å². The Balaban J connectivity index is 1.82. The number of imidazole rings is 1. The van der Waals surface area contributed by atoms with Crippen LogP contribution in [0.15, 0.2) is 12.7 Å². The number of fused-ring (bicyclic) bond motifs is 1. The van der Waals surface area contributed by atoms with Crippen molar-refractivity contribution in [1.82, 2.24) is 19.5 Å². The van der Waals surface area contributed by atoms with E-state index in [2.05, 4.69) is 15.0 Å². The summed E-state index contributed by atoms with van der Waals surface area (Å²) in [6.07, 6.45) is 1.37. The minimum atomic E-state index is -4.30. The molecule has 2 unspecified atom stereocenters. The van der Waals surface area contributed by atoms with Crippen LogP contribution in [0.3, 0.4) is 0 Å². The van der Waals surface area contributed by atoms with E-state index in [-0.39, 0.29) is 18.8 Å². The zero-order chi connectivity index (χ0) is 20.5. The summed E-state index contributed by atoms with van der Waals surface area (Å²) in [6, 6.07) is 0. The molecule has 28 heavy (non-hydrogen) atoms. The standard InChI is InChI=1S/C16H26N5O6P/c1-5-24-7-11-10(26-28(22,23)27-16(2,3)4)6-12(25-11)21-9-20-13-14(17)18-8-19-15(13)21/h8-12H,5-7H2,1-4H3,(H,22,23)(H2,17,18,19)/t10?,11-,12-/m1/s1. The Hall–Kier alpha value is -1.62. The van der Waals surface area contributed by atoms with E-state index < -0.39 is 31.9 Å². The zero-order valence-corrected chi connectivity index (χ0v) is 17.2. The highest BCUT2D eigenvalue weighted by atomic mass is 31.2. The summed E-state index contributed by atoms with van der Waals surface area (Å²) in [5, 5.41) is 0. The van der Waals surface area contributed by atoms with Crippen LogP contribution in [0.1, 0.15) is 40.3 Å². The highest BCUT2D eigenvalue weighted by molar-refractivity contribution is 7.47. The van der Waals surface area contributed by atoms with E-state index in [0.717, 1.165) is 0 Å². The van der Waals surface area contributed by atoms with Crippen LogP contribution in [-0.2, 0) is 23.1 Å². The number of nitrogens with two attached hydrogens (primary N) is 1. The van der Waals surface area contributed by atoms with E-state index in [1.807, 2.05) is 6.92 Å². The Morgan fingerprint density at radius 2 is 2.14 bits per heavy atom. The first-order valence-electron chi connectivity index (χ1n) is 8.98. The van der Waals surface area contributed by atoms with Gasteiger partial charge in [0.05, 0.1) is 18.5 Å². The molecular formula is C16H26N5O6P. The summed E-state index contributed by atoms with van der Waals surface area (Å²) in [6.45, 7) is 7.55. The smallest absolute Gasteiger partial charge is 0.382 e. The predicted octanol–water partition coefficient (Wildman–Crippen LogP) is 2.03. The summed E-state index contributed by atoms with van der Waals surface area (Å²) in [5.74, 6) is 0.263. The quantitative estimate of drug-likeness (QED) is 0.644. The number of ether oxygens (including phenoxy) is 2. The fraction of sp³-hybridized carbons (Fsp3) is 0.688. The Kier molecular flexibility index (Phi) is 6.04. The fourth-order valence-corrected chi connectivity index (χ4v) is 4.28. The van der Waals surface area contributed by atoms with E-state index in [0.29, 0.717) is 17.8 Å². The lowest BCUT2D eigenvalue weighted by atomic mass is 10.2. The lowest BCUT2D eigenvalue weighted by Crippen LogP contribution is -2.29. The third-order valence-electron chi connectivity index (χ3n) is 4.02. The molecular weight excluding hydrogens is 389 g/mol. The molecule has 2 aromatic rings. The Morgan fingerprint density at radius 3 is 2.82 bits per heavy atom. The molecule has 4 atom stereocenters. The predicted molar refractivity (Wildman–Crippen MR) is 100 cm³/mol. The maximum atomic E-state index is 12.4. The first-order chi connectivity index (χ1) is 13.1. The van der Waals surface area contributed by atoms with Gasteiger partial charge < -0.3 is 20.1 Å². The molecule has 1 fully saturated rings. The topological polar surface area (TPSA) is 144 Å². The minimum Gasteiger partial charge on any atom is -0.382 e. The molecule has 1 aliphatic heterocycles. The van der Waals surface area contributed by atoms with E-state index in [1.165, 1.54) is 6.33 Å². The van der Waals surface area contributed by atoms with Crippen LogP contribution in [0.5, 0.6) is 0 Å². The number of phosphoric ester groups is 1. The maximum absolute atomic E-state index is 12.4. The van der Waals surface area contributed by atoms with Crippen LogP contribution < -0.4 is 5.73 Å². The van der Waals surface area contributed by atoms with Crippen molar-refractivity contribution in [2.24, 2.45) is 0 Å². The molecule has 2 aromatic heterocycles. The fourth-order valence-electron chi connectivity index (χ4n) is 2.99. The van der Waals surface area contributed by atoms with Crippen molar-refractivity contribution in [2.75, 3.05) is 18.9 Å². The highest BCUT2D eigenvalue weighted by Gasteiger charge is 2.43. The molecule has 0 saturated carbocycles. The molecule has 11 nitrogen and oxygen atoms in total. The molecule has 12 heteroatoms. The van der Waals surface area contributed by atoms with Crippen molar-refractivity contribution in [2.45, 2.75) is 58.2 Å². The molecule has 0 radical (unpaired) electrons. The number of nitrogen functional groups attached to an aromatic ring is 1. The first-order valence-corrected chi connectivity index (χ1v) is 10.5. The average molecular weight is 415 g/mol. The van der Waals surface area contributed by atoms with Gasteiger partial charge in [-0.1, -0.05) is 0 Å². The summed E-state index contributed by atoms with van der Waals surface area (Å²) in [5.41, 5.74) is 5.96. The van der Waals surface area contributed by atoms with Gasteiger partial charge >= 0.3 is 7.82 Å². The van der Waals surface area contributed by atoms with Crippen LogP contribution in [0.25, 0.3) is 11.2 Å². The summed E-state index contributed by atoms with van der Waals surface area (Å²) in [7, 11) is -4.30. The number of anilines is 1. The average Bonchev–Trinajstić information content (AvgIpc) is 3.15. The first kappa shape index (κ1) is 21.1. The molecule has 0 spiro atoms. The van der Waals surface area contributed by atoms with Crippen LogP contribution in [0, 0.1) is 0 Å². The summed E-state index contributed by atoms with van der Waals surface area (Å²) >= 11 is 0. The van der Waals surface area contributed by atoms with Gasteiger partial charge in [0, 0.05) is 13.0 Å². The van der Waals surface area contributed by atoms with Crippen LogP contribution in [-0.4, -0.2) is 55.4 Å². The maximum Gasteiger partial charge on any atom is 0.473 e. The van der Waals surface area contributed by atoms with Crippen molar-refractivity contribution >= 4 is 24.8 Å². The van der Waals surface area contributed by atoms with E-state index in [1.54, 1.807) is 31.7 Å². The zero-order valence-electron chi connectivity index (χ0n) is 16.3. The molecule has 0 amide bonds. The molecule has 0 bridgehead atoms. The largest absolute Gasteiger partial charge is 0.473 e. The Morgan fingerprint density at radius 1 is 1.39 bits per heavy atom. The molecule has 0 aromatic carbocycles. The molecule has 3 heterocycles. The number of rotatable bonds is 7. The second-order valence-electron chi connectivity index (χ2n) is 7.42. The number of hydrogen-bond donors (Lipinski definition) is 2. The van der Waals surface area contributed by atoms with Crippen LogP contribution in [0.2, 0.25) is 0 Å². The Bertz CT molecular complexity index is 869. The van der Waals surface area contributed by atoms with Gasteiger partial charge in [0.25, 0.3) is 0 Å². The van der Waals surface area contributed by atoms with Crippen molar-refractivity contribution < 1.29 is 28.0 Å². The number of hydrogen-bond acceptors (Lipinski definition) is 9. The monoisotopic (exact) mass is 415 g/mol. The van der Waals surface area contributed by atoms with Crippen LogP contribution >= 0.6 is 7.82 Å². The summed E-state index contributed by atoms with van der Waals surface area (Å²) in [4.78, 5) is 22.5. The second-order valence-corrected chi connectivity index (χ2v) is 8.75. The van der Waals surface area contributed by atoms with Gasteiger partial charge in [0.15, 0.2) is 11.5 Å². The second kappa shape index (κ2) is 8.02. The van der Waals surface area contributed by atoms with Crippen molar-refractivity contribution in [3.63, 3.8) is 0 Å². The van der Waals surface area contributed by atoms with E-state index in [9.17, 15) is 9.46 Å². The van der Waals surface area contributed by atoms with Crippen molar-refractivity contribution in [1.29, 1.82) is 0 Å². The minimum absolute atomic E-state index is 0.205. The van der Waals surface area contributed by atoms with Gasteiger partial charge in [0.2, 0.25) is 0 Å². The number of aromatic nitrogens is 4. The lowest BCUT2D eigenvalue weighted by Gasteiger charge is -2.26. The van der Waals surface area contributed by atoms with Gasteiger partial charge in [-0.05, 0) is 27.7 Å². The van der Waals surface area contributed by atoms with Gasteiger partial charge in [-0.3, -0.25) is 13.6 Å². The number of nitrogens with zero attached hydrogens (tertiary/aromatic N) is 4. The van der Waals surface area contributed by atoms with Crippen molar-refractivity contribution in [3.8, 4) is 0 Å². The van der Waals surface area contributed by atoms with E-state index in [4.69, 9.17) is 24.3 Å². The molecule has 1 saturated heterocycles. The Labute approximate surface area is 162 Å². The molecule has 1 aliphatic rings. The summed E-state index contributed by atoms with van der Waals surface area (Å²) < 4.78 is 36.2. The SMILES string of the molecule is CCOC[C@H]1O[C@@H](n2cnc3c(N)ncnc32)CC1OP(=O)(O)OC(C)(C)C. The van der Waals surface area contributed by atoms with E-state index >= 15 is 0 Å². The molecule has 0 aliphatic carbocycles. The lowest BCUT2D eigenvalue weighted by molar-refractivity contribution is -0.0620. The molecule has 3 N–H and O–H groups in total. The third kappa shape index (κ3) is 4.86. The van der Waals surface area contributed by atoms with Gasteiger partial charge in [0.1, 0.15) is 30.3 Å². The normalized spacial score (nSPS) is 25.2. The third-order valence-corrected chi connectivity index (χ3v) is 5.34. The number of phosphoric acid groups is 1. The van der Waals surface area contributed by atoms with Gasteiger partial charge in [-0.2, -0.15) is 0 Å².